The van der Waals surface area contributed by atoms with Crippen molar-refractivity contribution in [3.05, 3.63) is 32.6 Å². The van der Waals surface area contributed by atoms with Gasteiger partial charge in [-0.2, -0.15) is 5.26 Å². The number of nitrogens with zero attached hydrogens (tertiary/aromatic N) is 1. The summed E-state index contributed by atoms with van der Waals surface area (Å²) in [6.45, 7) is 0. The Morgan fingerprint density at radius 2 is 2.23 bits per heavy atom. The van der Waals surface area contributed by atoms with Gasteiger partial charge in [-0.3, -0.25) is 0 Å². The van der Waals surface area contributed by atoms with Crippen molar-refractivity contribution in [3.63, 3.8) is 0 Å². The van der Waals surface area contributed by atoms with E-state index in [1.54, 1.807) is 28.7 Å². The number of hydrogen-bond acceptors (Lipinski definition) is 2. The van der Waals surface area contributed by atoms with E-state index in [1.165, 1.54) is 0 Å². The number of nitriles is 1. The average molecular weight is 291 g/mol. The van der Waals surface area contributed by atoms with Gasteiger partial charge in [-0.15, -0.1) is 0 Å². The second kappa shape index (κ2) is 3.70. The molecule has 0 saturated heterocycles. The highest BCUT2D eigenvalue weighted by atomic mass is 127. The number of halogens is 2. The van der Waals surface area contributed by atoms with Crippen molar-refractivity contribution >= 4 is 28.6 Å². The minimum absolute atomic E-state index is 0.162. The van der Waals surface area contributed by atoms with Gasteiger partial charge in [0.25, 0.3) is 0 Å². The van der Waals surface area contributed by atoms with Gasteiger partial charge in [0.15, 0.2) is 0 Å². The highest BCUT2D eigenvalue weighted by Crippen LogP contribution is 2.17. The monoisotopic (exact) mass is 291 g/mol. The summed E-state index contributed by atoms with van der Waals surface area (Å²) in [6.07, 6.45) is 0. The number of aromatic carboxylic acids is 1. The summed E-state index contributed by atoms with van der Waals surface area (Å²) in [7, 11) is 0. The molecule has 0 radical (unpaired) electrons. The van der Waals surface area contributed by atoms with Crippen molar-refractivity contribution < 1.29 is 14.3 Å². The lowest BCUT2D eigenvalue weighted by Gasteiger charge is -1.99. The molecular weight excluding hydrogens is 288 g/mol. The third-order valence-corrected chi connectivity index (χ3v) is 2.24. The predicted molar refractivity (Wildman–Crippen MR) is 50.8 cm³/mol. The highest BCUT2D eigenvalue weighted by molar-refractivity contribution is 14.1. The minimum Gasteiger partial charge on any atom is -0.478 e. The molecule has 13 heavy (non-hydrogen) atoms. The Labute approximate surface area is 86.9 Å². The van der Waals surface area contributed by atoms with Gasteiger partial charge in [-0.1, -0.05) is 0 Å². The molecule has 0 atom stereocenters. The Bertz CT molecular complexity index is 411. The molecule has 3 nitrogen and oxygen atoms in total. The largest absolute Gasteiger partial charge is 0.478 e. The molecule has 0 unspecified atom stereocenters. The van der Waals surface area contributed by atoms with Crippen LogP contribution in [0.15, 0.2) is 12.1 Å². The highest BCUT2D eigenvalue weighted by Gasteiger charge is 2.13. The summed E-state index contributed by atoms with van der Waals surface area (Å²) >= 11 is 1.67. The molecule has 0 heterocycles. The number of benzene rings is 1. The van der Waals surface area contributed by atoms with Crippen LogP contribution in [-0.2, 0) is 0 Å². The molecule has 0 amide bonds. The molecular formula is C8H3FINO2. The SMILES string of the molecule is N#Cc1cc(F)c(I)cc1C(=O)O. The first kappa shape index (κ1) is 9.92. The lowest BCUT2D eigenvalue weighted by atomic mass is 10.1. The zero-order chi connectivity index (χ0) is 10.0. The summed E-state index contributed by atoms with van der Waals surface area (Å²) in [5.74, 6) is -1.81. The van der Waals surface area contributed by atoms with Crippen molar-refractivity contribution in [2.24, 2.45) is 0 Å². The number of hydrogen-bond donors (Lipinski definition) is 1. The van der Waals surface area contributed by atoms with E-state index in [2.05, 4.69) is 0 Å². The Hall–Kier alpha value is -1.16. The first-order chi connectivity index (χ1) is 6.06. The molecule has 0 aliphatic heterocycles. The standard InChI is InChI=1S/C8H3FINO2/c9-6-1-4(3-11)5(8(12)13)2-7(6)10/h1-2H,(H,12,13). The lowest BCUT2D eigenvalue weighted by molar-refractivity contribution is 0.0696. The molecule has 0 fully saturated rings. The number of carboxylic acids is 1. The molecule has 0 bridgehead atoms. The van der Waals surface area contributed by atoms with Gasteiger partial charge >= 0.3 is 5.97 Å². The number of carboxylic acid groups (broad SMARTS) is 1. The minimum atomic E-state index is -1.23. The van der Waals surface area contributed by atoms with E-state index in [-0.39, 0.29) is 14.7 Å². The van der Waals surface area contributed by atoms with E-state index >= 15 is 0 Å². The Morgan fingerprint density at radius 1 is 1.62 bits per heavy atom. The fourth-order valence-electron chi connectivity index (χ4n) is 0.816. The Balaban J connectivity index is 3.44. The van der Waals surface area contributed by atoms with Crippen LogP contribution in [-0.4, -0.2) is 11.1 Å². The molecule has 66 valence electrons. The van der Waals surface area contributed by atoms with E-state index in [1.807, 2.05) is 0 Å². The third kappa shape index (κ3) is 1.95. The smallest absolute Gasteiger partial charge is 0.337 e. The van der Waals surface area contributed by atoms with Crippen LogP contribution in [0.4, 0.5) is 4.39 Å². The summed E-state index contributed by atoms with van der Waals surface area (Å²) in [6, 6.07) is 3.68. The second-order valence-corrected chi connectivity index (χ2v) is 3.39. The van der Waals surface area contributed by atoms with Gasteiger partial charge in [-0.25, -0.2) is 9.18 Å². The molecule has 1 rings (SSSR count). The van der Waals surface area contributed by atoms with Gasteiger partial charge in [0.05, 0.1) is 11.1 Å². The fraction of sp³-hybridized carbons (Fsp3) is 0. The van der Waals surface area contributed by atoms with E-state index in [9.17, 15) is 9.18 Å². The summed E-state index contributed by atoms with van der Waals surface area (Å²) in [5.41, 5.74) is -0.335. The summed E-state index contributed by atoms with van der Waals surface area (Å²) in [5, 5.41) is 17.1. The van der Waals surface area contributed by atoms with E-state index < -0.39 is 11.8 Å². The van der Waals surface area contributed by atoms with Crippen LogP contribution in [0.2, 0.25) is 0 Å². The van der Waals surface area contributed by atoms with Gasteiger partial charge in [-0.05, 0) is 34.7 Å². The molecule has 0 aliphatic carbocycles. The van der Waals surface area contributed by atoms with Crippen molar-refractivity contribution in [2.45, 2.75) is 0 Å². The van der Waals surface area contributed by atoms with E-state index in [0.717, 1.165) is 12.1 Å². The molecule has 0 aliphatic rings. The van der Waals surface area contributed by atoms with Crippen LogP contribution >= 0.6 is 22.6 Å². The second-order valence-electron chi connectivity index (χ2n) is 2.23. The third-order valence-electron chi connectivity index (χ3n) is 1.41. The Kier molecular flexibility index (Phi) is 2.83. The molecule has 1 aromatic rings. The van der Waals surface area contributed by atoms with Gasteiger partial charge in [0.1, 0.15) is 11.9 Å². The lowest BCUT2D eigenvalue weighted by Crippen LogP contribution is -2.02. The molecule has 0 aromatic heterocycles. The average Bonchev–Trinajstić information content (AvgIpc) is 2.08. The number of carbonyl (C=O) groups is 1. The fourth-order valence-corrected chi connectivity index (χ4v) is 1.28. The van der Waals surface area contributed by atoms with Crippen LogP contribution in [0, 0.1) is 20.7 Å². The normalized spacial score (nSPS) is 9.31. The zero-order valence-corrected chi connectivity index (χ0v) is 8.37. The summed E-state index contributed by atoms with van der Waals surface area (Å²) in [4.78, 5) is 10.6. The first-order valence-electron chi connectivity index (χ1n) is 3.18. The van der Waals surface area contributed by atoms with Crippen LogP contribution in [0.3, 0.4) is 0 Å². The molecule has 0 saturated carbocycles. The van der Waals surface area contributed by atoms with Crippen LogP contribution in [0.5, 0.6) is 0 Å². The topological polar surface area (TPSA) is 61.1 Å². The molecule has 5 heteroatoms. The van der Waals surface area contributed by atoms with Crippen molar-refractivity contribution in [2.75, 3.05) is 0 Å². The quantitative estimate of drug-likeness (QED) is 0.805. The van der Waals surface area contributed by atoms with E-state index in [0.29, 0.717) is 0 Å². The maximum Gasteiger partial charge on any atom is 0.337 e. The first-order valence-corrected chi connectivity index (χ1v) is 4.26. The van der Waals surface area contributed by atoms with Crippen LogP contribution in [0.25, 0.3) is 0 Å². The maximum atomic E-state index is 12.9. The van der Waals surface area contributed by atoms with Crippen molar-refractivity contribution in [3.8, 4) is 6.07 Å². The molecule has 1 N–H and O–H groups in total. The van der Waals surface area contributed by atoms with Crippen LogP contribution < -0.4 is 0 Å². The van der Waals surface area contributed by atoms with Crippen LogP contribution in [0.1, 0.15) is 15.9 Å². The van der Waals surface area contributed by atoms with Gasteiger partial charge in [0.2, 0.25) is 0 Å². The molecule has 1 aromatic carbocycles. The van der Waals surface area contributed by atoms with Crippen molar-refractivity contribution in [1.82, 2.24) is 0 Å². The van der Waals surface area contributed by atoms with Gasteiger partial charge < -0.3 is 5.11 Å². The Morgan fingerprint density at radius 3 is 2.69 bits per heavy atom. The van der Waals surface area contributed by atoms with Crippen molar-refractivity contribution in [1.29, 1.82) is 5.26 Å². The van der Waals surface area contributed by atoms with E-state index in [4.69, 9.17) is 10.4 Å². The summed E-state index contributed by atoms with van der Waals surface area (Å²) < 4.78 is 13.0. The maximum absolute atomic E-state index is 12.9. The zero-order valence-electron chi connectivity index (χ0n) is 6.21. The number of rotatable bonds is 1. The molecule has 0 spiro atoms. The predicted octanol–water partition coefficient (Wildman–Crippen LogP) is 2.00. The van der Waals surface area contributed by atoms with Gasteiger partial charge in [0, 0.05) is 3.57 Å².